The summed E-state index contributed by atoms with van der Waals surface area (Å²) in [6.07, 6.45) is 7.97. The van der Waals surface area contributed by atoms with Gasteiger partial charge in [-0.1, -0.05) is 109 Å². The van der Waals surface area contributed by atoms with Crippen LogP contribution in [0.15, 0.2) is 182 Å². The first kappa shape index (κ1) is 38.5. The maximum atomic E-state index is 10.4. The van der Waals surface area contributed by atoms with E-state index in [0.29, 0.717) is 11.3 Å². The van der Waals surface area contributed by atoms with Crippen molar-refractivity contribution < 1.29 is 9.47 Å². The lowest BCUT2D eigenvalue weighted by Crippen LogP contribution is -2.09. The first-order chi connectivity index (χ1) is 29.6. The minimum atomic E-state index is 0.512. The van der Waals surface area contributed by atoms with E-state index in [4.69, 9.17) is 16.0 Å². The zero-order chi connectivity index (χ0) is 41.3. The molecule has 0 bridgehead atoms. The lowest BCUT2D eigenvalue weighted by molar-refractivity contribution is 0.414. The Morgan fingerprint density at radius 1 is 0.450 bits per heavy atom. The fourth-order valence-electron chi connectivity index (χ4n) is 7.30. The normalized spacial score (nSPS) is 11.0. The fraction of sp³-hybridized carbons (Fsp3) is 0.0370. The van der Waals surface area contributed by atoms with Crippen molar-refractivity contribution in [1.29, 1.82) is 5.26 Å². The number of fused-ring (bicyclic) bond motifs is 1. The molecule has 8 aromatic rings. The Morgan fingerprint density at radius 2 is 0.833 bits per heavy atom. The Morgan fingerprint density at radius 3 is 1.25 bits per heavy atom. The largest absolute Gasteiger partial charge is 0.497 e. The Bertz CT molecular complexity index is 2670. The number of para-hydroxylation sites is 2. The summed E-state index contributed by atoms with van der Waals surface area (Å²) in [6.45, 7) is 8.14. The average molecular weight is 777 g/mol. The summed E-state index contributed by atoms with van der Waals surface area (Å²) in [7, 11) is 3.33. The second kappa shape index (κ2) is 17.9. The van der Waals surface area contributed by atoms with Gasteiger partial charge in [-0.3, -0.25) is 0 Å². The van der Waals surface area contributed by atoms with Gasteiger partial charge < -0.3 is 19.3 Å². The van der Waals surface area contributed by atoms with Crippen LogP contribution in [0.1, 0.15) is 27.8 Å². The molecule has 0 saturated heterocycles. The molecule has 0 amide bonds. The molecule has 0 spiro atoms. The van der Waals surface area contributed by atoms with Crippen LogP contribution < -0.4 is 19.3 Å². The average Bonchev–Trinajstić information content (AvgIpc) is 3.32. The lowest BCUT2D eigenvalue weighted by Gasteiger charge is -2.25. The highest BCUT2D eigenvalue weighted by Crippen LogP contribution is 2.38. The van der Waals surface area contributed by atoms with Crippen LogP contribution >= 0.6 is 0 Å². The third kappa shape index (κ3) is 8.22. The summed E-state index contributed by atoms with van der Waals surface area (Å²) in [5.41, 5.74) is 10.8. The van der Waals surface area contributed by atoms with E-state index in [1.807, 2.05) is 133 Å². The van der Waals surface area contributed by atoms with Crippen molar-refractivity contribution in [2.75, 3.05) is 24.0 Å². The molecule has 0 unspecified atom stereocenters. The van der Waals surface area contributed by atoms with Gasteiger partial charge in [-0.25, -0.2) is 4.85 Å². The predicted molar refractivity (Wildman–Crippen MR) is 248 cm³/mol. The molecule has 0 aromatic heterocycles. The van der Waals surface area contributed by atoms with Crippen molar-refractivity contribution in [3.05, 3.63) is 221 Å². The van der Waals surface area contributed by atoms with Crippen molar-refractivity contribution >= 4 is 74.9 Å². The lowest BCUT2D eigenvalue weighted by atomic mass is 9.95. The van der Waals surface area contributed by atoms with Crippen LogP contribution in [-0.4, -0.2) is 14.2 Å². The van der Waals surface area contributed by atoms with E-state index in [0.717, 1.165) is 78.6 Å². The number of nitriles is 1. The number of hydrogen-bond donors (Lipinski definition) is 0. The highest BCUT2D eigenvalue weighted by Gasteiger charge is 2.15. The SMILES string of the molecule is [C-]#[N+]c1c(C=Cc2ccc(N(c3ccccc3)c3ccc(OC)cc3)cc2)ccc2c(C#N)c(C=Cc3ccc(N(c4ccccc4)c4ccc(OC)cc4)cc3)ccc12. The Hall–Kier alpha value is -8.32. The minimum absolute atomic E-state index is 0.512. The van der Waals surface area contributed by atoms with Crippen LogP contribution in [0.2, 0.25) is 0 Å². The molecular formula is C54H40N4O2. The molecule has 0 aliphatic heterocycles. The number of anilines is 6. The number of rotatable bonds is 12. The molecule has 0 N–H and O–H groups in total. The number of methoxy groups -OCH3 is 2. The summed E-state index contributed by atoms with van der Waals surface area (Å²) in [4.78, 5) is 8.34. The number of hydrogen-bond acceptors (Lipinski definition) is 5. The first-order valence-corrected chi connectivity index (χ1v) is 19.5. The molecule has 6 heteroatoms. The standard InChI is InChI=1S/C54H40N4O2/c1-56-54-42(21-15-40-18-26-46(27-19-40)58(44-12-8-5-9-13-44)48-30-34-50(60-3)35-31-48)23-36-51-52(54)37-22-41(53(51)38-55)20-14-39-16-24-45(25-17-39)57(43-10-6-4-7-11-43)47-28-32-49(59-2)33-29-47/h4-37H,2-3H3. The van der Waals surface area contributed by atoms with Gasteiger partial charge >= 0.3 is 0 Å². The molecule has 8 rings (SSSR count). The fourth-order valence-corrected chi connectivity index (χ4v) is 7.30. The molecule has 8 aromatic carbocycles. The van der Waals surface area contributed by atoms with Gasteiger partial charge in [0.2, 0.25) is 5.69 Å². The molecular weight excluding hydrogens is 737 g/mol. The van der Waals surface area contributed by atoms with Gasteiger partial charge in [-0.05, 0) is 130 Å². The molecule has 60 heavy (non-hydrogen) atoms. The summed E-state index contributed by atoms with van der Waals surface area (Å²) in [5.74, 6) is 1.60. The Labute approximate surface area is 351 Å². The van der Waals surface area contributed by atoms with Crippen LogP contribution in [0.5, 0.6) is 11.5 Å². The molecule has 6 nitrogen and oxygen atoms in total. The van der Waals surface area contributed by atoms with Crippen LogP contribution in [0.25, 0.3) is 39.9 Å². The van der Waals surface area contributed by atoms with Gasteiger partial charge in [0.1, 0.15) is 17.6 Å². The summed E-state index contributed by atoms with van der Waals surface area (Å²) < 4.78 is 10.8. The van der Waals surface area contributed by atoms with E-state index in [-0.39, 0.29) is 0 Å². The minimum Gasteiger partial charge on any atom is -0.497 e. The maximum absolute atomic E-state index is 10.4. The summed E-state index contributed by atoms with van der Waals surface area (Å²) in [6, 6.07) is 63.4. The predicted octanol–water partition coefficient (Wildman–Crippen LogP) is 14.6. The van der Waals surface area contributed by atoms with Gasteiger partial charge in [0.05, 0.1) is 26.4 Å². The highest BCUT2D eigenvalue weighted by molar-refractivity contribution is 6.03. The van der Waals surface area contributed by atoms with Crippen LogP contribution in [0.3, 0.4) is 0 Å². The van der Waals surface area contributed by atoms with Crippen LogP contribution in [0.4, 0.5) is 39.8 Å². The van der Waals surface area contributed by atoms with E-state index in [1.54, 1.807) is 14.2 Å². The van der Waals surface area contributed by atoms with Crippen molar-refractivity contribution in [1.82, 2.24) is 0 Å². The van der Waals surface area contributed by atoms with E-state index in [1.165, 1.54) is 0 Å². The summed E-state index contributed by atoms with van der Waals surface area (Å²) >= 11 is 0. The molecule has 0 saturated carbocycles. The number of benzene rings is 8. The third-order valence-electron chi connectivity index (χ3n) is 10.4. The van der Waals surface area contributed by atoms with Crippen LogP contribution in [-0.2, 0) is 0 Å². The van der Waals surface area contributed by atoms with Crippen LogP contribution in [0, 0.1) is 17.9 Å². The Kier molecular flexibility index (Phi) is 11.5. The van der Waals surface area contributed by atoms with E-state index >= 15 is 0 Å². The molecule has 0 radical (unpaired) electrons. The second-order valence-electron chi connectivity index (χ2n) is 13.9. The van der Waals surface area contributed by atoms with E-state index < -0.39 is 0 Å². The topological polar surface area (TPSA) is 53.1 Å². The molecule has 0 atom stereocenters. The van der Waals surface area contributed by atoms with Gasteiger partial charge in [0.25, 0.3) is 0 Å². The summed E-state index contributed by atoms with van der Waals surface area (Å²) in [5, 5.41) is 11.9. The number of nitrogens with zero attached hydrogens (tertiary/aromatic N) is 4. The highest BCUT2D eigenvalue weighted by atomic mass is 16.5. The maximum Gasteiger partial charge on any atom is 0.202 e. The number of ether oxygens (including phenoxy) is 2. The molecule has 0 aliphatic carbocycles. The first-order valence-electron chi connectivity index (χ1n) is 19.5. The molecule has 0 fully saturated rings. The van der Waals surface area contributed by atoms with Gasteiger partial charge in [0.15, 0.2) is 0 Å². The zero-order valence-electron chi connectivity index (χ0n) is 33.2. The smallest absolute Gasteiger partial charge is 0.202 e. The van der Waals surface area contributed by atoms with Crippen molar-refractivity contribution in [2.45, 2.75) is 0 Å². The van der Waals surface area contributed by atoms with Gasteiger partial charge in [-0.15, -0.1) is 0 Å². The van der Waals surface area contributed by atoms with E-state index in [9.17, 15) is 5.26 Å². The second-order valence-corrected chi connectivity index (χ2v) is 13.9. The van der Waals surface area contributed by atoms with Crippen molar-refractivity contribution in [2.24, 2.45) is 0 Å². The zero-order valence-corrected chi connectivity index (χ0v) is 33.2. The Balaban J connectivity index is 1.03. The van der Waals surface area contributed by atoms with Gasteiger partial charge in [-0.2, -0.15) is 5.26 Å². The van der Waals surface area contributed by atoms with Gasteiger partial charge in [0, 0.05) is 34.1 Å². The third-order valence-corrected chi connectivity index (χ3v) is 10.4. The quantitative estimate of drug-likeness (QED) is 0.0913. The van der Waals surface area contributed by atoms with Crippen molar-refractivity contribution in [3.8, 4) is 17.6 Å². The molecule has 288 valence electrons. The monoisotopic (exact) mass is 776 g/mol. The van der Waals surface area contributed by atoms with E-state index in [2.05, 4.69) is 93.5 Å². The van der Waals surface area contributed by atoms with Crippen molar-refractivity contribution in [3.63, 3.8) is 0 Å². The molecule has 0 aliphatic rings. The molecule has 0 heterocycles.